The predicted octanol–water partition coefficient (Wildman–Crippen LogP) is 3.15. The number of carbonyl (C=O) groups excluding carboxylic acids is 2. The molecule has 0 unspecified atom stereocenters. The molecule has 0 radical (unpaired) electrons. The molecule has 162 valence electrons. The van der Waals surface area contributed by atoms with E-state index in [2.05, 4.69) is 15.2 Å². The van der Waals surface area contributed by atoms with Gasteiger partial charge in [0.1, 0.15) is 0 Å². The number of hydrogen-bond donors (Lipinski definition) is 2. The number of amides is 1. The molecular weight excluding hydrogens is 392 g/mol. The molecule has 7 heteroatoms. The van der Waals surface area contributed by atoms with E-state index in [0.717, 1.165) is 48.6 Å². The fourth-order valence-electron chi connectivity index (χ4n) is 3.85. The lowest BCUT2D eigenvalue weighted by Gasteiger charge is -2.29. The van der Waals surface area contributed by atoms with Gasteiger partial charge in [-0.2, -0.15) is 0 Å². The van der Waals surface area contributed by atoms with Crippen molar-refractivity contribution >= 4 is 34.0 Å². The molecule has 0 spiro atoms. The second-order valence-corrected chi connectivity index (χ2v) is 7.67. The summed E-state index contributed by atoms with van der Waals surface area (Å²) in [5.74, 6) is -0.130. The van der Waals surface area contributed by atoms with Crippen LogP contribution in [-0.4, -0.2) is 67.5 Å². The highest BCUT2D eigenvalue weighted by atomic mass is 16.5. The number of morpholine rings is 1. The van der Waals surface area contributed by atoms with Gasteiger partial charge in [-0.15, -0.1) is 0 Å². The molecule has 1 aliphatic heterocycles. The summed E-state index contributed by atoms with van der Waals surface area (Å²) < 4.78 is 5.39. The summed E-state index contributed by atoms with van der Waals surface area (Å²) in [6.45, 7) is 6.15. The number of aromatic nitrogens is 1. The van der Waals surface area contributed by atoms with Crippen molar-refractivity contribution in [1.82, 2.24) is 9.88 Å². The van der Waals surface area contributed by atoms with Crippen LogP contribution in [0.15, 0.2) is 54.7 Å². The summed E-state index contributed by atoms with van der Waals surface area (Å²) in [5.41, 5.74) is 3.47. The van der Waals surface area contributed by atoms with Gasteiger partial charge in [-0.3, -0.25) is 14.5 Å². The Bertz CT molecular complexity index is 1040. The van der Waals surface area contributed by atoms with Crippen molar-refractivity contribution in [1.29, 1.82) is 0 Å². The Balaban J connectivity index is 1.33. The maximum Gasteiger partial charge on any atom is 0.238 e. The third-order valence-corrected chi connectivity index (χ3v) is 5.60. The first-order valence-corrected chi connectivity index (χ1v) is 10.7. The number of likely N-dealkylation sites (N-methyl/N-ethyl adjacent to an activating group) is 1. The summed E-state index contributed by atoms with van der Waals surface area (Å²) >= 11 is 0. The Morgan fingerprint density at radius 1 is 1.06 bits per heavy atom. The van der Waals surface area contributed by atoms with Gasteiger partial charge in [0.05, 0.1) is 26.3 Å². The van der Waals surface area contributed by atoms with Crippen molar-refractivity contribution in [3.8, 4) is 0 Å². The maximum atomic E-state index is 12.8. The molecule has 1 fully saturated rings. The molecule has 0 atom stereocenters. The van der Waals surface area contributed by atoms with Crippen molar-refractivity contribution in [2.24, 2.45) is 0 Å². The van der Waals surface area contributed by atoms with Crippen molar-refractivity contribution in [3.63, 3.8) is 0 Å². The fraction of sp³-hybridized carbons (Fsp3) is 0.333. The number of fused-ring (bicyclic) bond motifs is 1. The lowest BCUT2D eigenvalue weighted by atomic mass is 10.1. The first kappa shape index (κ1) is 21.1. The van der Waals surface area contributed by atoms with Crippen molar-refractivity contribution in [2.45, 2.75) is 6.92 Å². The van der Waals surface area contributed by atoms with Crippen LogP contribution in [-0.2, 0) is 9.53 Å². The number of anilines is 2. The largest absolute Gasteiger partial charge is 0.378 e. The molecule has 4 rings (SSSR count). The summed E-state index contributed by atoms with van der Waals surface area (Å²) in [6, 6.07) is 15.6. The molecule has 0 aliphatic carbocycles. The number of ether oxygens (including phenoxy) is 1. The number of hydrogen-bond acceptors (Lipinski definition) is 5. The van der Waals surface area contributed by atoms with Gasteiger partial charge in [-0.25, -0.2) is 0 Å². The van der Waals surface area contributed by atoms with E-state index in [1.54, 1.807) is 6.20 Å². The van der Waals surface area contributed by atoms with E-state index in [-0.39, 0.29) is 24.8 Å². The van der Waals surface area contributed by atoms with E-state index in [1.807, 2.05) is 60.4 Å². The molecule has 31 heavy (non-hydrogen) atoms. The molecule has 3 aromatic rings. The molecule has 1 saturated heterocycles. The Kier molecular flexibility index (Phi) is 6.64. The van der Waals surface area contributed by atoms with E-state index < -0.39 is 0 Å². The first-order chi connectivity index (χ1) is 15.1. The van der Waals surface area contributed by atoms with Crippen LogP contribution < -0.4 is 10.2 Å². The highest BCUT2D eigenvalue weighted by molar-refractivity contribution is 6.09. The van der Waals surface area contributed by atoms with Crippen LogP contribution in [0, 0.1) is 0 Å². The van der Waals surface area contributed by atoms with Crippen LogP contribution in [0.5, 0.6) is 0 Å². The molecule has 2 N–H and O–H groups in total. The molecule has 2 heterocycles. The van der Waals surface area contributed by atoms with Crippen molar-refractivity contribution < 1.29 is 14.3 Å². The minimum absolute atomic E-state index is 0.00182. The smallest absolute Gasteiger partial charge is 0.238 e. The quantitative estimate of drug-likeness (QED) is 0.548. The average molecular weight is 421 g/mol. The summed E-state index contributed by atoms with van der Waals surface area (Å²) in [4.78, 5) is 32.6. The zero-order chi connectivity index (χ0) is 21.6. The Labute approximate surface area is 182 Å². The van der Waals surface area contributed by atoms with Crippen LogP contribution >= 0.6 is 0 Å². The van der Waals surface area contributed by atoms with Gasteiger partial charge in [0, 0.05) is 47.1 Å². The molecule has 2 aromatic carbocycles. The van der Waals surface area contributed by atoms with Crippen molar-refractivity contribution in [2.75, 3.05) is 56.2 Å². The van der Waals surface area contributed by atoms with Crippen LogP contribution in [0.25, 0.3) is 10.9 Å². The number of rotatable bonds is 8. The molecular formula is C24H28N4O3. The normalized spacial score (nSPS) is 14.2. The zero-order valence-electron chi connectivity index (χ0n) is 17.8. The van der Waals surface area contributed by atoms with Gasteiger partial charge >= 0.3 is 0 Å². The molecule has 0 bridgehead atoms. The van der Waals surface area contributed by atoms with E-state index in [4.69, 9.17) is 4.74 Å². The molecule has 7 nitrogen and oxygen atoms in total. The number of carbonyl (C=O) groups is 2. The van der Waals surface area contributed by atoms with E-state index in [0.29, 0.717) is 12.1 Å². The summed E-state index contributed by atoms with van der Waals surface area (Å²) in [5, 5.41) is 3.84. The van der Waals surface area contributed by atoms with Crippen LogP contribution in [0.2, 0.25) is 0 Å². The third-order valence-electron chi connectivity index (χ3n) is 5.60. The standard InChI is InChI=1S/C24H28N4O3/c1-2-27(16-23(29)21-15-25-22-6-4-3-5-20(21)22)17-24(30)26-18-7-9-19(10-8-18)28-11-13-31-14-12-28/h3-10,15,25H,2,11-14,16-17H2,1H3,(H,26,30). The number of Topliss-reactive ketones (excluding diaryl/α,β-unsaturated/α-hetero) is 1. The number of nitrogens with one attached hydrogen (secondary N) is 2. The number of nitrogens with zero attached hydrogens (tertiary/aromatic N) is 2. The Morgan fingerprint density at radius 3 is 2.55 bits per heavy atom. The van der Waals surface area contributed by atoms with Gasteiger partial charge < -0.3 is 19.9 Å². The first-order valence-electron chi connectivity index (χ1n) is 10.7. The van der Waals surface area contributed by atoms with E-state index >= 15 is 0 Å². The van der Waals surface area contributed by atoms with Crippen LogP contribution in [0.3, 0.4) is 0 Å². The van der Waals surface area contributed by atoms with Crippen LogP contribution in [0.1, 0.15) is 17.3 Å². The van der Waals surface area contributed by atoms with Gasteiger partial charge in [-0.05, 0) is 36.9 Å². The number of aromatic amines is 1. The molecule has 0 saturated carbocycles. The highest BCUT2D eigenvalue weighted by Gasteiger charge is 2.17. The lowest BCUT2D eigenvalue weighted by molar-refractivity contribution is -0.117. The van der Waals surface area contributed by atoms with Gasteiger partial charge in [-0.1, -0.05) is 25.1 Å². The SMILES string of the molecule is CCN(CC(=O)Nc1ccc(N2CCOCC2)cc1)CC(=O)c1c[nH]c2ccccc12. The molecule has 1 amide bonds. The third kappa shape index (κ3) is 5.13. The Hall–Kier alpha value is -3.16. The Morgan fingerprint density at radius 2 is 1.81 bits per heavy atom. The topological polar surface area (TPSA) is 77.7 Å². The maximum absolute atomic E-state index is 12.8. The van der Waals surface area contributed by atoms with Crippen LogP contribution in [0.4, 0.5) is 11.4 Å². The predicted molar refractivity (Wildman–Crippen MR) is 123 cm³/mol. The summed E-state index contributed by atoms with van der Waals surface area (Å²) in [7, 11) is 0. The number of benzene rings is 2. The molecule has 1 aromatic heterocycles. The minimum atomic E-state index is -0.132. The lowest BCUT2D eigenvalue weighted by Crippen LogP contribution is -2.37. The highest BCUT2D eigenvalue weighted by Crippen LogP contribution is 2.20. The molecule has 1 aliphatic rings. The van der Waals surface area contributed by atoms with Crippen molar-refractivity contribution in [3.05, 3.63) is 60.3 Å². The number of H-pyrrole nitrogens is 1. The minimum Gasteiger partial charge on any atom is -0.378 e. The zero-order valence-corrected chi connectivity index (χ0v) is 17.8. The van der Waals surface area contributed by atoms with Gasteiger partial charge in [0.15, 0.2) is 5.78 Å². The number of para-hydroxylation sites is 1. The summed E-state index contributed by atoms with van der Waals surface area (Å²) in [6.07, 6.45) is 1.75. The fourth-order valence-corrected chi connectivity index (χ4v) is 3.85. The second kappa shape index (κ2) is 9.76. The second-order valence-electron chi connectivity index (χ2n) is 7.67. The monoisotopic (exact) mass is 420 g/mol. The van der Waals surface area contributed by atoms with Gasteiger partial charge in [0.25, 0.3) is 0 Å². The number of ketones is 1. The van der Waals surface area contributed by atoms with E-state index in [1.165, 1.54) is 0 Å². The average Bonchev–Trinajstić information content (AvgIpc) is 3.24. The van der Waals surface area contributed by atoms with E-state index in [9.17, 15) is 9.59 Å². The van der Waals surface area contributed by atoms with Gasteiger partial charge in [0.2, 0.25) is 5.91 Å².